The third-order valence-corrected chi connectivity index (χ3v) is 3.85. The van der Waals surface area contributed by atoms with Gasteiger partial charge in [-0.25, -0.2) is 5.10 Å². The fourth-order valence-electron chi connectivity index (χ4n) is 2.93. The van der Waals surface area contributed by atoms with Crippen molar-refractivity contribution >= 4 is 5.69 Å². The van der Waals surface area contributed by atoms with Crippen LogP contribution in [0.4, 0.5) is 5.69 Å². The first-order chi connectivity index (χ1) is 8.33. The molecule has 0 saturated carbocycles. The fraction of sp³-hybridized carbons (Fsp3) is 0.667. The van der Waals surface area contributed by atoms with E-state index in [1.165, 1.54) is 25.8 Å². The summed E-state index contributed by atoms with van der Waals surface area (Å²) in [4.78, 5) is 16.1. The van der Waals surface area contributed by atoms with E-state index in [-0.39, 0.29) is 5.56 Å². The number of nitrogens with one attached hydrogen (secondary N) is 1. The molecule has 92 valence electrons. The fourth-order valence-corrected chi connectivity index (χ4v) is 2.93. The summed E-state index contributed by atoms with van der Waals surface area (Å²) in [6.45, 7) is 4.39. The SMILES string of the molecule is O=c1cc(N2CCN3CCCCC3C2)cn[nH]1. The average molecular weight is 234 g/mol. The van der Waals surface area contributed by atoms with Crippen molar-refractivity contribution in [3.8, 4) is 0 Å². The molecule has 2 fully saturated rings. The lowest BCUT2D eigenvalue weighted by molar-refractivity contribution is 0.133. The predicted molar refractivity (Wildman–Crippen MR) is 66.3 cm³/mol. The lowest BCUT2D eigenvalue weighted by Gasteiger charge is -2.44. The first kappa shape index (κ1) is 10.8. The number of rotatable bonds is 1. The summed E-state index contributed by atoms with van der Waals surface area (Å²) >= 11 is 0. The van der Waals surface area contributed by atoms with Crippen LogP contribution < -0.4 is 10.5 Å². The highest BCUT2D eigenvalue weighted by Crippen LogP contribution is 2.23. The zero-order chi connectivity index (χ0) is 11.7. The molecule has 0 spiro atoms. The highest BCUT2D eigenvalue weighted by atomic mass is 16.1. The minimum atomic E-state index is -0.117. The second-order valence-electron chi connectivity index (χ2n) is 4.94. The maximum absolute atomic E-state index is 11.3. The van der Waals surface area contributed by atoms with E-state index >= 15 is 0 Å². The number of hydrogen-bond donors (Lipinski definition) is 1. The monoisotopic (exact) mass is 234 g/mol. The lowest BCUT2D eigenvalue weighted by Crippen LogP contribution is -2.55. The summed E-state index contributed by atoms with van der Waals surface area (Å²) in [7, 11) is 0. The Morgan fingerprint density at radius 3 is 3.12 bits per heavy atom. The molecule has 2 aliphatic heterocycles. The third kappa shape index (κ3) is 2.20. The molecule has 5 heteroatoms. The average Bonchev–Trinajstić information content (AvgIpc) is 2.38. The molecule has 2 aliphatic rings. The largest absolute Gasteiger partial charge is 0.367 e. The number of piperazine rings is 1. The van der Waals surface area contributed by atoms with Gasteiger partial charge in [-0.2, -0.15) is 5.10 Å². The van der Waals surface area contributed by atoms with Gasteiger partial charge in [0.2, 0.25) is 0 Å². The minimum Gasteiger partial charge on any atom is -0.367 e. The van der Waals surface area contributed by atoms with Gasteiger partial charge in [0, 0.05) is 31.7 Å². The van der Waals surface area contributed by atoms with Crippen LogP contribution >= 0.6 is 0 Å². The number of aromatic nitrogens is 2. The van der Waals surface area contributed by atoms with E-state index in [1.807, 2.05) is 0 Å². The van der Waals surface area contributed by atoms with Gasteiger partial charge in [-0.05, 0) is 19.4 Å². The number of piperidine rings is 1. The van der Waals surface area contributed by atoms with Gasteiger partial charge < -0.3 is 4.90 Å². The molecular formula is C12H18N4O. The number of fused-ring (bicyclic) bond motifs is 1. The molecule has 1 aromatic rings. The molecule has 17 heavy (non-hydrogen) atoms. The Bertz CT molecular complexity index is 444. The summed E-state index contributed by atoms with van der Waals surface area (Å²) in [5.41, 5.74) is 0.840. The van der Waals surface area contributed by atoms with Crippen molar-refractivity contribution in [1.82, 2.24) is 15.1 Å². The van der Waals surface area contributed by atoms with Crippen molar-refractivity contribution in [3.05, 3.63) is 22.6 Å². The molecule has 0 radical (unpaired) electrons. The van der Waals surface area contributed by atoms with Crippen LogP contribution in [-0.4, -0.2) is 47.3 Å². The van der Waals surface area contributed by atoms with Crippen molar-refractivity contribution < 1.29 is 0 Å². The molecule has 1 aromatic heterocycles. The van der Waals surface area contributed by atoms with E-state index < -0.39 is 0 Å². The molecule has 2 saturated heterocycles. The van der Waals surface area contributed by atoms with Gasteiger partial charge in [0.25, 0.3) is 5.56 Å². The molecule has 1 N–H and O–H groups in total. The molecule has 3 heterocycles. The Balaban J connectivity index is 1.75. The highest BCUT2D eigenvalue weighted by molar-refractivity contribution is 5.43. The summed E-state index contributed by atoms with van der Waals surface area (Å²) in [6.07, 6.45) is 5.71. The molecular weight excluding hydrogens is 216 g/mol. The third-order valence-electron chi connectivity index (χ3n) is 3.85. The predicted octanol–water partition coefficient (Wildman–Crippen LogP) is 0.444. The van der Waals surface area contributed by atoms with Gasteiger partial charge in [-0.1, -0.05) is 6.42 Å². The molecule has 1 unspecified atom stereocenters. The Labute approximate surface area is 100 Å². The van der Waals surface area contributed by atoms with E-state index in [2.05, 4.69) is 20.0 Å². The van der Waals surface area contributed by atoms with Crippen molar-refractivity contribution in [2.75, 3.05) is 31.1 Å². The Morgan fingerprint density at radius 1 is 1.29 bits per heavy atom. The van der Waals surface area contributed by atoms with Crippen LogP contribution in [0.3, 0.4) is 0 Å². The molecule has 1 atom stereocenters. The van der Waals surface area contributed by atoms with Gasteiger partial charge in [0.1, 0.15) is 0 Å². The second-order valence-corrected chi connectivity index (χ2v) is 4.94. The standard InChI is InChI=1S/C12H18N4O/c17-12-7-11(8-13-14-12)16-6-5-15-4-2-1-3-10(15)9-16/h7-8,10H,1-6,9H2,(H,14,17). The molecule has 0 bridgehead atoms. The van der Waals surface area contributed by atoms with Gasteiger partial charge in [0.05, 0.1) is 11.9 Å². The van der Waals surface area contributed by atoms with Gasteiger partial charge >= 0.3 is 0 Å². The number of aromatic amines is 1. The van der Waals surface area contributed by atoms with Crippen molar-refractivity contribution in [2.45, 2.75) is 25.3 Å². The Kier molecular flexibility index (Phi) is 2.84. The van der Waals surface area contributed by atoms with Crippen molar-refractivity contribution in [1.29, 1.82) is 0 Å². The summed E-state index contributed by atoms with van der Waals surface area (Å²) in [6, 6.07) is 2.31. The van der Waals surface area contributed by atoms with Crippen molar-refractivity contribution in [2.24, 2.45) is 0 Å². The van der Waals surface area contributed by atoms with Crippen LogP contribution in [0.2, 0.25) is 0 Å². The molecule has 3 rings (SSSR count). The number of hydrogen-bond acceptors (Lipinski definition) is 4. The molecule has 0 aromatic carbocycles. The first-order valence-electron chi connectivity index (χ1n) is 6.37. The molecule has 0 aliphatic carbocycles. The zero-order valence-corrected chi connectivity index (χ0v) is 9.93. The van der Waals surface area contributed by atoms with Crippen LogP contribution in [0.15, 0.2) is 17.1 Å². The second kappa shape index (κ2) is 4.49. The smallest absolute Gasteiger partial charge is 0.266 e. The maximum atomic E-state index is 11.3. The van der Waals surface area contributed by atoms with Gasteiger partial charge in [-0.3, -0.25) is 9.69 Å². The molecule has 0 amide bonds. The van der Waals surface area contributed by atoms with Crippen LogP contribution in [0.25, 0.3) is 0 Å². The normalized spacial score (nSPS) is 25.6. The van der Waals surface area contributed by atoms with Crippen LogP contribution in [0.5, 0.6) is 0 Å². The maximum Gasteiger partial charge on any atom is 0.266 e. The number of H-pyrrole nitrogens is 1. The van der Waals surface area contributed by atoms with Gasteiger partial charge in [0.15, 0.2) is 0 Å². The van der Waals surface area contributed by atoms with E-state index in [1.54, 1.807) is 12.3 Å². The van der Waals surface area contributed by atoms with Crippen LogP contribution in [-0.2, 0) is 0 Å². The lowest BCUT2D eigenvalue weighted by atomic mass is 9.99. The first-order valence-corrected chi connectivity index (χ1v) is 6.37. The topological polar surface area (TPSA) is 52.2 Å². The van der Waals surface area contributed by atoms with Crippen LogP contribution in [0.1, 0.15) is 19.3 Å². The quantitative estimate of drug-likeness (QED) is 0.766. The van der Waals surface area contributed by atoms with Crippen LogP contribution in [0, 0.1) is 0 Å². The summed E-state index contributed by atoms with van der Waals surface area (Å²) in [5, 5.41) is 6.30. The zero-order valence-electron chi connectivity index (χ0n) is 9.93. The van der Waals surface area contributed by atoms with E-state index in [9.17, 15) is 4.79 Å². The molecule has 5 nitrogen and oxygen atoms in total. The number of anilines is 1. The summed E-state index contributed by atoms with van der Waals surface area (Å²) in [5.74, 6) is 0. The van der Waals surface area contributed by atoms with E-state index in [0.717, 1.165) is 25.3 Å². The van der Waals surface area contributed by atoms with Crippen molar-refractivity contribution in [3.63, 3.8) is 0 Å². The van der Waals surface area contributed by atoms with E-state index in [0.29, 0.717) is 6.04 Å². The Hall–Kier alpha value is -1.36. The minimum absolute atomic E-state index is 0.117. The Morgan fingerprint density at radius 2 is 2.24 bits per heavy atom. The summed E-state index contributed by atoms with van der Waals surface area (Å²) < 4.78 is 0. The number of nitrogens with zero attached hydrogens (tertiary/aromatic N) is 3. The highest BCUT2D eigenvalue weighted by Gasteiger charge is 2.28. The van der Waals surface area contributed by atoms with E-state index in [4.69, 9.17) is 0 Å². The van der Waals surface area contributed by atoms with Gasteiger partial charge in [-0.15, -0.1) is 0 Å².